The second-order valence-electron chi connectivity index (χ2n) is 9.70. The molecular formula is C22H34O4. The molecule has 0 aromatic carbocycles. The SMILES string of the molecule is CC(=O)[C@@H]1CCC2C3CCC(=O)C(CCC4(C)OCCO4)C3CC[C@]21C. The van der Waals surface area contributed by atoms with Crippen LogP contribution in [0.1, 0.15) is 72.1 Å². The van der Waals surface area contributed by atoms with Crippen LogP contribution in [0.15, 0.2) is 0 Å². The maximum atomic E-state index is 12.8. The van der Waals surface area contributed by atoms with Gasteiger partial charge in [-0.05, 0) is 75.5 Å². The Hall–Kier alpha value is -0.740. The molecule has 1 saturated heterocycles. The molecule has 0 bridgehead atoms. The van der Waals surface area contributed by atoms with Crippen molar-refractivity contribution < 1.29 is 19.1 Å². The van der Waals surface area contributed by atoms with Gasteiger partial charge in [-0.1, -0.05) is 6.92 Å². The van der Waals surface area contributed by atoms with Crippen LogP contribution in [0.25, 0.3) is 0 Å². The molecule has 0 aromatic rings. The first-order valence-corrected chi connectivity index (χ1v) is 10.7. The monoisotopic (exact) mass is 362 g/mol. The van der Waals surface area contributed by atoms with Gasteiger partial charge in [-0.3, -0.25) is 9.59 Å². The lowest BCUT2D eigenvalue weighted by atomic mass is 9.52. The Morgan fingerprint density at radius 2 is 1.81 bits per heavy atom. The first-order chi connectivity index (χ1) is 12.3. The highest BCUT2D eigenvalue weighted by Gasteiger charge is 2.57. The Labute approximate surface area is 157 Å². The van der Waals surface area contributed by atoms with Crippen molar-refractivity contribution in [3.8, 4) is 0 Å². The van der Waals surface area contributed by atoms with Crippen molar-refractivity contribution in [2.24, 2.45) is 35.0 Å². The van der Waals surface area contributed by atoms with Crippen LogP contribution in [-0.2, 0) is 19.1 Å². The van der Waals surface area contributed by atoms with Crippen molar-refractivity contribution in [3.63, 3.8) is 0 Å². The molecule has 1 aliphatic heterocycles. The molecule has 4 aliphatic rings. The third-order valence-electron chi connectivity index (χ3n) is 8.45. The van der Waals surface area contributed by atoms with E-state index in [0.717, 1.165) is 44.9 Å². The van der Waals surface area contributed by atoms with E-state index in [2.05, 4.69) is 6.92 Å². The number of carbonyl (C=O) groups excluding carboxylic acids is 2. The van der Waals surface area contributed by atoms with E-state index in [1.54, 1.807) is 6.92 Å². The van der Waals surface area contributed by atoms with E-state index >= 15 is 0 Å². The van der Waals surface area contributed by atoms with Crippen LogP contribution in [0, 0.1) is 35.0 Å². The van der Waals surface area contributed by atoms with Crippen LogP contribution in [0.2, 0.25) is 0 Å². The van der Waals surface area contributed by atoms with Gasteiger partial charge in [0.1, 0.15) is 11.6 Å². The fraction of sp³-hybridized carbons (Fsp3) is 0.909. The van der Waals surface area contributed by atoms with E-state index in [-0.39, 0.29) is 17.3 Å². The van der Waals surface area contributed by atoms with Crippen LogP contribution in [0.4, 0.5) is 0 Å². The molecular weight excluding hydrogens is 328 g/mol. The van der Waals surface area contributed by atoms with Crippen molar-refractivity contribution in [3.05, 3.63) is 0 Å². The minimum absolute atomic E-state index is 0.166. The Morgan fingerprint density at radius 3 is 2.50 bits per heavy atom. The number of hydrogen-bond acceptors (Lipinski definition) is 4. The van der Waals surface area contributed by atoms with Crippen molar-refractivity contribution in [1.29, 1.82) is 0 Å². The molecule has 4 unspecified atom stereocenters. The third kappa shape index (κ3) is 2.97. The van der Waals surface area contributed by atoms with Crippen molar-refractivity contribution >= 4 is 11.6 Å². The number of ether oxygens (including phenoxy) is 2. The molecule has 3 aliphatic carbocycles. The third-order valence-corrected chi connectivity index (χ3v) is 8.45. The summed E-state index contributed by atoms with van der Waals surface area (Å²) >= 11 is 0. The zero-order valence-corrected chi connectivity index (χ0v) is 16.6. The fourth-order valence-electron chi connectivity index (χ4n) is 7.13. The molecule has 0 N–H and O–H groups in total. The second kappa shape index (κ2) is 6.70. The molecule has 4 nitrogen and oxygen atoms in total. The molecule has 26 heavy (non-hydrogen) atoms. The quantitative estimate of drug-likeness (QED) is 0.754. The summed E-state index contributed by atoms with van der Waals surface area (Å²) in [5.41, 5.74) is 0.168. The van der Waals surface area contributed by atoms with Gasteiger partial charge < -0.3 is 9.47 Å². The summed E-state index contributed by atoms with van der Waals surface area (Å²) in [5.74, 6) is 2.49. The average Bonchev–Trinajstić information content (AvgIpc) is 3.17. The summed E-state index contributed by atoms with van der Waals surface area (Å²) in [6.45, 7) is 7.47. The maximum Gasteiger partial charge on any atom is 0.165 e. The normalized spacial score (nSPS) is 44.6. The Balaban J connectivity index is 1.49. The summed E-state index contributed by atoms with van der Waals surface area (Å²) in [6.07, 6.45) is 7.90. The highest BCUT2D eigenvalue weighted by atomic mass is 16.7. The molecule has 146 valence electrons. The largest absolute Gasteiger partial charge is 0.348 e. The molecule has 0 amide bonds. The first kappa shape index (κ1) is 18.6. The molecule has 0 aromatic heterocycles. The maximum absolute atomic E-state index is 12.8. The molecule has 4 rings (SSSR count). The van der Waals surface area contributed by atoms with Crippen LogP contribution < -0.4 is 0 Å². The van der Waals surface area contributed by atoms with Gasteiger partial charge in [-0.25, -0.2) is 0 Å². The van der Waals surface area contributed by atoms with Crippen LogP contribution in [0.5, 0.6) is 0 Å². The standard InChI is InChI=1S/C22H34O4/c1-14(23)18-5-6-19-16-4-7-20(24)17(15(16)8-10-21(18,19)2)9-11-22(3)25-12-13-26-22/h15-19H,4-13H2,1-3H3/t15?,16?,17?,18-,19?,21-/m0/s1. The lowest BCUT2D eigenvalue weighted by Gasteiger charge is -2.52. The van der Waals surface area contributed by atoms with E-state index in [0.29, 0.717) is 42.5 Å². The predicted octanol–water partition coefficient (Wildman–Crippen LogP) is 4.16. The smallest absolute Gasteiger partial charge is 0.165 e. The van der Waals surface area contributed by atoms with Crippen LogP contribution in [0.3, 0.4) is 0 Å². The summed E-state index contributed by atoms with van der Waals surface area (Å²) < 4.78 is 11.5. The van der Waals surface area contributed by atoms with Gasteiger partial charge in [0.25, 0.3) is 0 Å². The van der Waals surface area contributed by atoms with Gasteiger partial charge in [0.05, 0.1) is 13.2 Å². The molecule has 1 heterocycles. The van der Waals surface area contributed by atoms with E-state index < -0.39 is 5.79 Å². The highest BCUT2D eigenvalue weighted by molar-refractivity contribution is 5.82. The molecule has 6 atom stereocenters. The number of hydrogen-bond donors (Lipinski definition) is 0. The zero-order valence-electron chi connectivity index (χ0n) is 16.6. The Morgan fingerprint density at radius 1 is 1.08 bits per heavy atom. The minimum atomic E-state index is -0.497. The topological polar surface area (TPSA) is 52.6 Å². The van der Waals surface area contributed by atoms with Crippen molar-refractivity contribution in [1.82, 2.24) is 0 Å². The molecule has 0 radical (unpaired) electrons. The molecule has 4 heteroatoms. The summed E-state index contributed by atoms with van der Waals surface area (Å²) in [7, 11) is 0. The van der Waals surface area contributed by atoms with E-state index in [1.807, 2.05) is 6.92 Å². The number of ketones is 2. The molecule has 4 fully saturated rings. The Kier molecular flexibility index (Phi) is 4.80. The summed E-state index contributed by atoms with van der Waals surface area (Å²) in [5, 5.41) is 0. The van der Waals surface area contributed by atoms with Gasteiger partial charge >= 0.3 is 0 Å². The van der Waals surface area contributed by atoms with Crippen molar-refractivity contribution in [2.45, 2.75) is 77.9 Å². The summed E-state index contributed by atoms with van der Waals surface area (Å²) in [4.78, 5) is 25.0. The lowest BCUT2D eigenvalue weighted by Crippen LogP contribution is -2.48. The fourth-order valence-corrected chi connectivity index (χ4v) is 7.13. The van der Waals surface area contributed by atoms with Gasteiger partial charge in [-0.2, -0.15) is 0 Å². The second-order valence-corrected chi connectivity index (χ2v) is 9.70. The zero-order chi connectivity index (χ0) is 18.5. The van der Waals surface area contributed by atoms with Crippen molar-refractivity contribution in [2.75, 3.05) is 13.2 Å². The highest BCUT2D eigenvalue weighted by Crippen LogP contribution is 2.62. The molecule has 0 spiro atoms. The van der Waals surface area contributed by atoms with E-state index in [9.17, 15) is 9.59 Å². The number of rotatable bonds is 4. The first-order valence-electron chi connectivity index (χ1n) is 10.7. The van der Waals surface area contributed by atoms with Crippen LogP contribution in [-0.4, -0.2) is 30.6 Å². The van der Waals surface area contributed by atoms with E-state index in [4.69, 9.17) is 9.47 Å². The minimum Gasteiger partial charge on any atom is -0.348 e. The lowest BCUT2D eigenvalue weighted by molar-refractivity contribution is -0.156. The van der Waals surface area contributed by atoms with Gasteiger partial charge in [0.15, 0.2) is 5.79 Å². The average molecular weight is 363 g/mol. The van der Waals surface area contributed by atoms with Gasteiger partial charge in [-0.15, -0.1) is 0 Å². The summed E-state index contributed by atoms with van der Waals surface area (Å²) in [6, 6.07) is 0. The number of Topliss-reactive ketones (excluding diaryl/α,β-unsaturated/α-hetero) is 2. The Bertz CT molecular complexity index is 579. The van der Waals surface area contributed by atoms with E-state index in [1.165, 1.54) is 6.42 Å². The molecule has 3 saturated carbocycles. The van der Waals surface area contributed by atoms with Gasteiger partial charge in [0.2, 0.25) is 0 Å². The van der Waals surface area contributed by atoms with Crippen LogP contribution >= 0.6 is 0 Å². The number of carbonyl (C=O) groups is 2. The number of fused-ring (bicyclic) bond motifs is 3. The predicted molar refractivity (Wildman–Crippen MR) is 98.5 cm³/mol. The van der Waals surface area contributed by atoms with Gasteiger partial charge in [0, 0.05) is 24.7 Å².